The van der Waals surface area contributed by atoms with Crippen LogP contribution < -0.4 is 10.1 Å². The van der Waals surface area contributed by atoms with Gasteiger partial charge in [-0.2, -0.15) is 4.98 Å². The van der Waals surface area contributed by atoms with E-state index in [1.165, 1.54) is 48.2 Å². The number of carbonyl (C=O) groups is 1. The number of nitrogens with one attached hydrogen (secondary N) is 1. The number of methoxy groups -OCH3 is 1. The summed E-state index contributed by atoms with van der Waals surface area (Å²) in [6.07, 6.45) is 0. The Labute approximate surface area is 181 Å². The molecule has 0 bridgehead atoms. The predicted octanol–water partition coefficient (Wildman–Crippen LogP) is 4.24. The molecule has 1 aromatic heterocycles. The fourth-order valence-electron chi connectivity index (χ4n) is 3.00. The lowest BCUT2D eigenvalue weighted by Gasteiger charge is -2.09. The first-order valence-electron chi connectivity index (χ1n) is 9.38. The van der Waals surface area contributed by atoms with Crippen molar-refractivity contribution >= 4 is 17.3 Å². The molecule has 9 nitrogen and oxygen atoms in total. The summed E-state index contributed by atoms with van der Waals surface area (Å²) in [5.74, 6) is -0.365. The number of nitro groups is 1. The maximum absolute atomic E-state index is 13.3. The maximum Gasteiger partial charge on any atom is 0.336 e. The quantitative estimate of drug-likeness (QED) is 0.359. The van der Waals surface area contributed by atoms with Gasteiger partial charge in [0.2, 0.25) is 0 Å². The SMILES string of the molecule is COc1nc(-c2ccc(F)cc2)n(-c2cccc(NC(=O)c3ccc([N+](=O)[O-])cc3)c2)n1. The number of nitrogens with zero attached hydrogens (tertiary/aromatic N) is 4. The molecule has 3 aromatic carbocycles. The molecule has 160 valence electrons. The van der Waals surface area contributed by atoms with Gasteiger partial charge in [0, 0.05) is 28.9 Å². The number of amides is 1. The van der Waals surface area contributed by atoms with Crippen molar-refractivity contribution in [3.05, 3.63) is 94.3 Å². The van der Waals surface area contributed by atoms with Gasteiger partial charge in [-0.05, 0) is 54.6 Å². The highest BCUT2D eigenvalue weighted by Gasteiger charge is 2.15. The van der Waals surface area contributed by atoms with Gasteiger partial charge in [-0.1, -0.05) is 6.07 Å². The third-order valence-corrected chi connectivity index (χ3v) is 4.56. The van der Waals surface area contributed by atoms with Gasteiger partial charge in [-0.25, -0.2) is 9.07 Å². The second-order valence-corrected chi connectivity index (χ2v) is 6.65. The zero-order chi connectivity index (χ0) is 22.7. The lowest BCUT2D eigenvalue weighted by Crippen LogP contribution is -2.12. The van der Waals surface area contributed by atoms with Crippen LogP contribution in [0.15, 0.2) is 72.8 Å². The summed E-state index contributed by atoms with van der Waals surface area (Å²) >= 11 is 0. The molecule has 0 saturated heterocycles. The van der Waals surface area contributed by atoms with Gasteiger partial charge in [0.05, 0.1) is 17.7 Å². The van der Waals surface area contributed by atoms with Crippen LogP contribution in [0.5, 0.6) is 6.01 Å². The molecule has 0 fully saturated rings. The number of halogens is 1. The van der Waals surface area contributed by atoms with E-state index in [1.807, 2.05) is 0 Å². The molecule has 0 aliphatic heterocycles. The summed E-state index contributed by atoms with van der Waals surface area (Å²) in [4.78, 5) is 27.1. The fourth-order valence-corrected chi connectivity index (χ4v) is 3.00. The number of ether oxygens (including phenoxy) is 1. The first kappa shape index (κ1) is 20.7. The molecule has 32 heavy (non-hydrogen) atoms. The molecular weight excluding hydrogens is 417 g/mol. The first-order chi connectivity index (χ1) is 15.4. The minimum absolute atomic E-state index is 0.100. The van der Waals surface area contributed by atoms with E-state index in [4.69, 9.17) is 4.74 Å². The highest BCUT2D eigenvalue weighted by atomic mass is 19.1. The van der Waals surface area contributed by atoms with Crippen LogP contribution in [0.3, 0.4) is 0 Å². The number of benzene rings is 3. The van der Waals surface area contributed by atoms with Crippen LogP contribution >= 0.6 is 0 Å². The number of hydrogen-bond acceptors (Lipinski definition) is 6. The lowest BCUT2D eigenvalue weighted by atomic mass is 10.2. The molecule has 1 heterocycles. The number of aromatic nitrogens is 3. The molecule has 0 aliphatic carbocycles. The largest absolute Gasteiger partial charge is 0.466 e. The summed E-state index contributed by atoms with van der Waals surface area (Å²) in [6.45, 7) is 0. The van der Waals surface area contributed by atoms with Gasteiger partial charge in [0.15, 0.2) is 5.82 Å². The number of anilines is 1. The summed E-state index contributed by atoms with van der Waals surface area (Å²) in [5.41, 5.74) is 1.86. The average Bonchev–Trinajstić information content (AvgIpc) is 3.24. The van der Waals surface area contributed by atoms with E-state index in [2.05, 4.69) is 15.4 Å². The van der Waals surface area contributed by atoms with Crippen molar-refractivity contribution in [2.75, 3.05) is 12.4 Å². The van der Waals surface area contributed by atoms with Crippen molar-refractivity contribution in [2.24, 2.45) is 0 Å². The first-order valence-corrected chi connectivity index (χ1v) is 9.38. The van der Waals surface area contributed by atoms with Crippen LogP contribution in [0.25, 0.3) is 17.1 Å². The van der Waals surface area contributed by atoms with Crippen LogP contribution in [0.1, 0.15) is 10.4 Å². The van der Waals surface area contributed by atoms with Crippen molar-refractivity contribution in [1.29, 1.82) is 0 Å². The molecule has 4 aromatic rings. The predicted molar refractivity (Wildman–Crippen MR) is 114 cm³/mol. The van der Waals surface area contributed by atoms with Crippen LogP contribution in [0, 0.1) is 15.9 Å². The number of hydrogen-bond donors (Lipinski definition) is 1. The second-order valence-electron chi connectivity index (χ2n) is 6.65. The van der Waals surface area contributed by atoms with E-state index in [0.717, 1.165) is 0 Å². The van der Waals surface area contributed by atoms with Crippen LogP contribution in [0.2, 0.25) is 0 Å². The Morgan fingerprint density at radius 2 is 1.81 bits per heavy atom. The molecule has 1 N–H and O–H groups in total. The third-order valence-electron chi connectivity index (χ3n) is 4.56. The molecular formula is C22H16FN5O4. The fraction of sp³-hybridized carbons (Fsp3) is 0.0455. The van der Waals surface area contributed by atoms with Crippen molar-refractivity contribution in [3.63, 3.8) is 0 Å². The monoisotopic (exact) mass is 433 g/mol. The van der Waals surface area contributed by atoms with Crippen LogP contribution in [-0.4, -0.2) is 32.7 Å². The molecule has 0 aliphatic rings. The molecule has 10 heteroatoms. The summed E-state index contributed by atoms with van der Waals surface area (Å²) in [6, 6.07) is 18.1. The Morgan fingerprint density at radius 1 is 1.09 bits per heavy atom. The van der Waals surface area contributed by atoms with E-state index >= 15 is 0 Å². The van der Waals surface area contributed by atoms with E-state index in [1.54, 1.807) is 36.4 Å². The highest BCUT2D eigenvalue weighted by Crippen LogP contribution is 2.25. The molecule has 0 radical (unpaired) electrons. The zero-order valence-electron chi connectivity index (χ0n) is 16.7. The van der Waals surface area contributed by atoms with E-state index in [0.29, 0.717) is 22.8 Å². The standard InChI is InChI=1S/C22H16FN5O4/c1-32-22-25-20(14-5-9-16(23)10-6-14)27(26-22)19-4-2-3-17(13-19)24-21(29)15-7-11-18(12-8-15)28(30)31/h2-13H,1H3,(H,24,29). The van der Waals surface area contributed by atoms with Gasteiger partial charge in [-0.3, -0.25) is 14.9 Å². The number of rotatable bonds is 6. The van der Waals surface area contributed by atoms with E-state index in [-0.39, 0.29) is 23.1 Å². The Kier molecular flexibility index (Phi) is 5.58. The van der Waals surface area contributed by atoms with Crippen LogP contribution in [-0.2, 0) is 0 Å². The van der Waals surface area contributed by atoms with Gasteiger partial charge in [-0.15, -0.1) is 5.10 Å². The van der Waals surface area contributed by atoms with Crippen molar-refractivity contribution < 1.29 is 18.8 Å². The number of carbonyl (C=O) groups excluding carboxylic acids is 1. The molecule has 0 spiro atoms. The Bertz CT molecular complexity index is 1290. The zero-order valence-corrected chi connectivity index (χ0v) is 16.7. The minimum atomic E-state index is -0.531. The Hall–Kier alpha value is -4.60. The second kappa shape index (κ2) is 8.64. The van der Waals surface area contributed by atoms with Gasteiger partial charge in [0.1, 0.15) is 5.82 Å². The molecule has 1 amide bonds. The molecule has 4 rings (SSSR count). The molecule has 0 atom stereocenters. The van der Waals surface area contributed by atoms with Crippen molar-refractivity contribution in [2.45, 2.75) is 0 Å². The third kappa shape index (κ3) is 4.29. The highest BCUT2D eigenvalue weighted by molar-refractivity contribution is 6.04. The van der Waals surface area contributed by atoms with Crippen molar-refractivity contribution in [3.8, 4) is 23.1 Å². The van der Waals surface area contributed by atoms with Crippen LogP contribution in [0.4, 0.5) is 15.8 Å². The summed E-state index contributed by atoms with van der Waals surface area (Å²) < 4.78 is 20.0. The smallest absolute Gasteiger partial charge is 0.336 e. The van der Waals surface area contributed by atoms with E-state index < -0.39 is 10.8 Å². The number of non-ortho nitro benzene ring substituents is 1. The topological polar surface area (TPSA) is 112 Å². The lowest BCUT2D eigenvalue weighted by molar-refractivity contribution is -0.384. The minimum Gasteiger partial charge on any atom is -0.466 e. The number of nitro benzene ring substituents is 1. The Morgan fingerprint density at radius 3 is 2.47 bits per heavy atom. The normalized spacial score (nSPS) is 10.6. The summed E-state index contributed by atoms with van der Waals surface area (Å²) in [7, 11) is 1.44. The van der Waals surface area contributed by atoms with Gasteiger partial charge < -0.3 is 10.1 Å². The average molecular weight is 433 g/mol. The van der Waals surface area contributed by atoms with Gasteiger partial charge >= 0.3 is 6.01 Å². The molecule has 0 saturated carbocycles. The summed E-state index contributed by atoms with van der Waals surface area (Å²) in [5, 5.41) is 17.8. The Balaban J connectivity index is 1.63. The van der Waals surface area contributed by atoms with Gasteiger partial charge in [0.25, 0.3) is 11.6 Å². The van der Waals surface area contributed by atoms with Crippen molar-refractivity contribution in [1.82, 2.24) is 14.8 Å². The van der Waals surface area contributed by atoms with E-state index in [9.17, 15) is 19.3 Å². The maximum atomic E-state index is 13.3. The molecule has 0 unspecified atom stereocenters.